The lowest BCUT2D eigenvalue weighted by Gasteiger charge is -2.37. The molecule has 1 saturated carbocycles. The SMILES string of the molecule is O=C(C1CC1)C(c1ccccc1F)N1CCC(S)/C(=C/c2cnco2)C1. The van der Waals surface area contributed by atoms with Gasteiger partial charge >= 0.3 is 0 Å². The van der Waals surface area contributed by atoms with Crippen LogP contribution in [0.15, 0.2) is 46.8 Å². The number of carbonyl (C=O) groups is 1. The minimum absolute atomic E-state index is 0.0648. The van der Waals surface area contributed by atoms with Gasteiger partial charge in [-0.15, -0.1) is 0 Å². The van der Waals surface area contributed by atoms with Gasteiger partial charge in [-0.05, 0) is 37.0 Å². The van der Waals surface area contributed by atoms with Crippen LogP contribution < -0.4 is 0 Å². The van der Waals surface area contributed by atoms with Crippen LogP contribution in [-0.4, -0.2) is 34.0 Å². The molecule has 0 N–H and O–H groups in total. The van der Waals surface area contributed by atoms with E-state index in [0.29, 0.717) is 24.4 Å². The molecule has 0 spiro atoms. The highest BCUT2D eigenvalue weighted by Gasteiger charge is 2.40. The van der Waals surface area contributed by atoms with Crippen molar-refractivity contribution in [3.05, 3.63) is 59.6 Å². The van der Waals surface area contributed by atoms with Crippen LogP contribution in [0.4, 0.5) is 4.39 Å². The Morgan fingerprint density at radius 3 is 2.85 bits per heavy atom. The number of piperidine rings is 1. The fraction of sp³-hybridized carbons (Fsp3) is 0.400. The fourth-order valence-corrected chi connectivity index (χ4v) is 3.82. The summed E-state index contributed by atoms with van der Waals surface area (Å²) in [5.41, 5.74) is 1.53. The van der Waals surface area contributed by atoms with E-state index in [0.717, 1.165) is 24.8 Å². The Morgan fingerprint density at radius 2 is 2.15 bits per heavy atom. The van der Waals surface area contributed by atoms with Crippen LogP contribution >= 0.6 is 12.6 Å². The van der Waals surface area contributed by atoms with E-state index in [2.05, 4.69) is 22.5 Å². The summed E-state index contributed by atoms with van der Waals surface area (Å²) in [4.78, 5) is 19.0. The molecule has 2 aromatic rings. The van der Waals surface area contributed by atoms with E-state index < -0.39 is 6.04 Å². The van der Waals surface area contributed by atoms with Gasteiger partial charge in [0.2, 0.25) is 0 Å². The van der Waals surface area contributed by atoms with E-state index >= 15 is 0 Å². The minimum Gasteiger partial charge on any atom is -0.444 e. The normalized spacial score (nSPS) is 23.9. The summed E-state index contributed by atoms with van der Waals surface area (Å²) >= 11 is 4.67. The number of rotatable bonds is 5. The maximum absolute atomic E-state index is 14.5. The van der Waals surface area contributed by atoms with Crippen molar-refractivity contribution < 1.29 is 13.6 Å². The summed E-state index contributed by atoms with van der Waals surface area (Å²) in [5.74, 6) is 0.541. The second-order valence-corrected chi connectivity index (χ2v) is 7.62. The molecule has 2 atom stereocenters. The van der Waals surface area contributed by atoms with Gasteiger partial charge < -0.3 is 4.42 Å². The van der Waals surface area contributed by atoms with Crippen molar-refractivity contribution in [3.8, 4) is 0 Å². The highest BCUT2D eigenvalue weighted by molar-refractivity contribution is 7.81. The van der Waals surface area contributed by atoms with E-state index in [4.69, 9.17) is 4.42 Å². The van der Waals surface area contributed by atoms with Crippen molar-refractivity contribution in [1.29, 1.82) is 0 Å². The Balaban J connectivity index is 1.65. The van der Waals surface area contributed by atoms with Crippen molar-refractivity contribution in [2.75, 3.05) is 13.1 Å². The Labute approximate surface area is 157 Å². The van der Waals surface area contributed by atoms with Gasteiger partial charge in [-0.25, -0.2) is 9.37 Å². The van der Waals surface area contributed by atoms with Gasteiger partial charge in [-0.3, -0.25) is 9.69 Å². The molecule has 0 amide bonds. The molecule has 4 rings (SSSR count). The number of hydrogen-bond acceptors (Lipinski definition) is 5. The van der Waals surface area contributed by atoms with Gasteiger partial charge in [0.15, 0.2) is 12.2 Å². The number of Topliss-reactive ketones (excluding diaryl/α,β-unsaturated/α-hetero) is 1. The molecule has 0 radical (unpaired) electrons. The van der Waals surface area contributed by atoms with Crippen molar-refractivity contribution in [1.82, 2.24) is 9.88 Å². The molecule has 2 aliphatic rings. The van der Waals surface area contributed by atoms with Crippen molar-refractivity contribution >= 4 is 24.5 Å². The number of likely N-dealkylation sites (tertiary alicyclic amines) is 1. The highest BCUT2D eigenvalue weighted by Crippen LogP contribution is 2.39. The lowest BCUT2D eigenvalue weighted by Crippen LogP contribution is -2.42. The van der Waals surface area contributed by atoms with Gasteiger partial charge in [-0.1, -0.05) is 18.2 Å². The maximum Gasteiger partial charge on any atom is 0.181 e. The second-order valence-electron chi connectivity index (χ2n) is 7.00. The topological polar surface area (TPSA) is 46.3 Å². The molecule has 136 valence electrons. The van der Waals surface area contributed by atoms with Crippen LogP contribution in [0, 0.1) is 11.7 Å². The number of thiol groups is 1. The van der Waals surface area contributed by atoms with E-state index in [-0.39, 0.29) is 22.8 Å². The van der Waals surface area contributed by atoms with Crippen LogP contribution in [0.2, 0.25) is 0 Å². The van der Waals surface area contributed by atoms with E-state index in [1.807, 2.05) is 6.08 Å². The first-order chi connectivity index (χ1) is 12.6. The fourth-order valence-electron chi connectivity index (χ4n) is 3.55. The van der Waals surface area contributed by atoms with Crippen LogP contribution in [0.1, 0.15) is 36.6 Å². The quantitative estimate of drug-likeness (QED) is 0.808. The average Bonchev–Trinajstić information content (AvgIpc) is 3.37. The van der Waals surface area contributed by atoms with Gasteiger partial charge in [0.1, 0.15) is 11.6 Å². The molecule has 26 heavy (non-hydrogen) atoms. The zero-order chi connectivity index (χ0) is 18.1. The summed E-state index contributed by atoms with van der Waals surface area (Å²) in [6.45, 7) is 1.27. The van der Waals surface area contributed by atoms with Crippen LogP contribution in [0.25, 0.3) is 6.08 Å². The van der Waals surface area contributed by atoms with Gasteiger partial charge in [0, 0.05) is 29.8 Å². The molecule has 2 unspecified atom stereocenters. The van der Waals surface area contributed by atoms with Gasteiger partial charge in [0.25, 0.3) is 0 Å². The first-order valence-corrected chi connectivity index (χ1v) is 9.44. The molecule has 6 heteroatoms. The lowest BCUT2D eigenvalue weighted by atomic mass is 9.93. The Bertz CT molecular complexity index is 817. The lowest BCUT2D eigenvalue weighted by molar-refractivity contribution is -0.126. The first-order valence-electron chi connectivity index (χ1n) is 8.92. The minimum atomic E-state index is -0.539. The second kappa shape index (κ2) is 7.37. The maximum atomic E-state index is 14.5. The molecule has 2 heterocycles. The number of nitrogens with zero attached hydrogens (tertiary/aromatic N) is 2. The van der Waals surface area contributed by atoms with Crippen LogP contribution in [-0.2, 0) is 4.79 Å². The van der Waals surface area contributed by atoms with Gasteiger partial charge in [-0.2, -0.15) is 12.6 Å². The monoisotopic (exact) mass is 372 g/mol. The van der Waals surface area contributed by atoms with Crippen molar-refractivity contribution in [2.45, 2.75) is 30.6 Å². The number of hydrogen-bond donors (Lipinski definition) is 1. The van der Waals surface area contributed by atoms with Crippen LogP contribution in [0.3, 0.4) is 0 Å². The molecule has 4 nitrogen and oxygen atoms in total. The molecule has 1 saturated heterocycles. The van der Waals surface area contributed by atoms with Crippen molar-refractivity contribution in [2.24, 2.45) is 5.92 Å². The number of oxazole rings is 1. The average molecular weight is 372 g/mol. The molecule has 1 aromatic heterocycles. The molecule has 1 aromatic carbocycles. The van der Waals surface area contributed by atoms with Gasteiger partial charge in [0.05, 0.1) is 12.2 Å². The molecule has 2 fully saturated rings. The molecular weight excluding hydrogens is 351 g/mol. The summed E-state index contributed by atoms with van der Waals surface area (Å²) in [5, 5.41) is 0.0913. The third-order valence-corrected chi connectivity index (χ3v) is 5.69. The predicted octanol–water partition coefficient (Wildman–Crippen LogP) is 3.92. The predicted molar refractivity (Wildman–Crippen MR) is 100 cm³/mol. The number of halogens is 1. The largest absolute Gasteiger partial charge is 0.444 e. The van der Waals surface area contributed by atoms with E-state index in [1.165, 1.54) is 12.5 Å². The van der Waals surface area contributed by atoms with Crippen molar-refractivity contribution in [3.63, 3.8) is 0 Å². The van der Waals surface area contributed by atoms with E-state index in [1.54, 1.807) is 24.4 Å². The third-order valence-electron chi connectivity index (χ3n) is 5.10. The Morgan fingerprint density at radius 1 is 1.35 bits per heavy atom. The first kappa shape index (κ1) is 17.5. The molecular formula is C20H21FN2O2S. The molecule has 0 bridgehead atoms. The number of carbonyl (C=O) groups excluding carboxylic acids is 1. The summed E-state index contributed by atoms with van der Waals surface area (Å²) in [7, 11) is 0. The molecule has 1 aliphatic heterocycles. The Kier molecular flexibility index (Phi) is 4.96. The number of aromatic nitrogens is 1. The standard InChI is InChI=1S/C20H21FN2O2S/c21-17-4-2-1-3-16(17)19(20(24)13-5-6-13)23-8-7-18(26)14(11-23)9-15-10-22-12-25-15/h1-4,9-10,12-13,18-19,26H,5-8,11H2/b14-9+. The Hall–Kier alpha value is -1.92. The summed E-state index contributed by atoms with van der Waals surface area (Å²) in [6.07, 6.45) is 7.58. The highest BCUT2D eigenvalue weighted by atomic mass is 32.1. The zero-order valence-electron chi connectivity index (χ0n) is 14.3. The third kappa shape index (κ3) is 3.62. The summed E-state index contributed by atoms with van der Waals surface area (Å²) < 4.78 is 19.8. The zero-order valence-corrected chi connectivity index (χ0v) is 15.2. The number of benzene rings is 1. The number of ketones is 1. The summed E-state index contributed by atoms with van der Waals surface area (Å²) in [6, 6.07) is 6.07. The smallest absolute Gasteiger partial charge is 0.181 e. The molecule has 1 aliphatic carbocycles. The van der Waals surface area contributed by atoms with Crippen LogP contribution in [0.5, 0.6) is 0 Å². The van der Waals surface area contributed by atoms with E-state index in [9.17, 15) is 9.18 Å².